The maximum absolute atomic E-state index is 13.2. The minimum atomic E-state index is -4.00. The number of carbonyl (C=O) groups is 2. The average Bonchev–Trinajstić information content (AvgIpc) is 3.39. The summed E-state index contributed by atoms with van der Waals surface area (Å²) >= 11 is 0. The minimum absolute atomic E-state index is 0.0129. The van der Waals surface area contributed by atoms with Crippen molar-refractivity contribution in [3.8, 4) is 0 Å². The molecule has 1 aliphatic heterocycles. The van der Waals surface area contributed by atoms with Gasteiger partial charge in [-0.05, 0) is 42.4 Å². The second-order valence-corrected chi connectivity index (χ2v) is 11.5. The van der Waals surface area contributed by atoms with Crippen LogP contribution in [0.2, 0.25) is 0 Å². The van der Waals surface area contributed by atoms with Gasteiger partial charge in [0.2, 0.25) is 0 Å². The van der Waals surface area contributed by atoms with Gasteiger partial charge in [0, 0.05) is 26.2 Å². The largest absolute Gasteiger partial charge is 0.381 e. The number of carbonyl (C=O) groups excluding carboxylic acids is 2. The molecule has 1 aliphatic rings. The van der Waals surface area contributed by atoms with Crippen molar-refractivity contribution in [1.82, 2.24) is 18.7 Å². The lowest BCUT2D eigenvalue weighted by molar-refractivity contribution is 0.0611. The van der Waals surface area contributed by atoms with Crippen LogP contribution in [-0.4, -0.2) is 52.4 Å². The number of ketones is 1. The molecule has 4 rings (SSSR count). The molecular weight excluding hydrogens is 444 g/mol. The third-order valence-corrected chi connectivity index (χ3v) is 7.24. The first-order valence-corrected chi connectivity index (χ1v) is 12.4. The number of hydrogen-bond donors (Lipinski definition) is 0. The number of benzene rings is 1. The van der Waals surface area contributed by atoms with E-state index in [2.05, 4.69) is 10.1 Å². The van der Waals surface area contributed by atoms with Gasteiger partial charge < -0.3 is 9.30 Å². The van der Waals surface area contributed by atoms with Gasteiger partial charge in [0.15, 0.2) is 17.9 Å². The zero-order chi connectivity index (χ0) is 23.8. The lowest BCUT2D eigenvalue weighted by Crippen LogP contribution is -2.23. The number of ether oxygens (including phenoxy) is 1. The first-order chi connectivity index (χ1) is 15.6. The van der Waals surface area contributed by atoms with E-state index in [0.29, 0.717) is 55.2 Å². The van der Waals surface area contributed by atoms with Crippen LogP contribution in [0.15, 0.2) is 35.5 Å². The molecule has 1 aromatic carbocycles. The number of Topliss-reactive ketones (excluding diaryl/α,β-unsaturated/α-hetero) is 1. The van der Waals surface area contributed by atoms with E-state index in [4.69, 9.17) is 4.74 Å². The third-order valence-electron chi connectivity index (χ3n) is 5.70. The van der Waals surface area contributed by atoms with Gasteiger partial charge in [-0.25, -0.2) is 4.98 Å². The maximum atomic E-state index is 13.2. The highest BCUT2D eigenvalue weighted by atomic mass is 32.2. The molecule has 0 saturated carbocycles. The molecule has 0 bridgehead atoms. The molecule has 2 aromatic heterocycles. The van der Waals surface area contributed by atoms with Gasteiger partial charge in [-0.15, -0.1) is 0 Å². The summed E-state index contributed by atoms with van der Waals surface area (Å²) in [5.74, 6) is 0.632. The van der Waals surface area contributed by atoms with Gasteiger partial charge >= 0.3 is 0 Å². The standard InChI is InChI=1S/C23H28N4O5S/c1-23(2,3)11-21(29)22-25-19-10-18(33(30,31)27-14-17(15-28)12-24-27)4-5-20(19)26(22)13-16-6-8-32-9-7-16/h4-5,10,12,14-16H,6-9,11,13H2,1-3H3. The molecule has 1 fully saturated rings. The third kappa shape index (κ3) is 4.91. The van der Waals surface area contributed by atoms with Crippen molar-refractivity contribution >= 4 is 33.1 Å². The summed E-state index contributed by atoms with van der Waals surface area (Å²) in [7, 11) is -4.00. The lowest BCUT2D eigenvalue weighted by atomic mass is 9.89. The molecule has 176 valence electrons. The van der Waals surface area contributed by atoms with Crippen LogP contribution in [0.3, 0.4) is 0 Å². The Morgan fingerprint density at radius 1 is 1.24 bits per heavy atom. The molecule has 9 nitrogen and oxygen atoms in total. The Bertz CT molecular complexity index is 1290. The minimum Gasteiger partial charge on any atom is -0.381 e. The van der Waals surface area contributed by atoms with E-state index < -0.39 is 10.0 Å². The maximum Gasteiger partial charge on any atom is 0.283 e. The summed E-state index contributed by atoms with van der Waals surface area (Å²) in [4.78, 5) is 28.7. The molecule has 1 saturated heterocycles. The van der Waals surface area contributed by atoms with E-state index >= 15 is 0 Å². The lowest BCUT2D eigenvalue weighted by Gasteiger charge is -2.24. The molecule has 0 unspecified atom stereocenters. The monoisotopic (exact) mass is 472 g/mol. The Hall–Kier alpha value is -2.85. The van der Waals surface area contributed by atoms with Crippen LogP contribution in [0, 0.1) is 11.3 Å². The molecule has 3 aromatic rings. The van der Waals surface area contributed by atoms with Crippen molar-refractivity contribution < 1.29 is 22.7 Å². The summed E-state index contributed by atoms with van der Waals surface area (Å²) < 4.78 is 34.2. The second-order valence-electron chi connectivity index (χ2n) is 9.68. The number of aromatic nitrogens is 4. The fourth-order valence-electron chi connectivity index (χ4n) is 4.03. The number of imidazole rings is 1. The number of aldehydes is 1. The topological polar surface area (TPSA) is 113 Å². The van der Waals surface area contributed by atoms with Gasteiger partial charge in [-0.2, -0.15) is 17.6 Å². The van der Waals surface area contributed by atoms with Crippen LogP contribution in [0.1, 0.15) is 61.0 Å². The van der Waals surface area contributed by atoms with Crippen LogP contribution in [0.25, 0.3) is 11.0 Å². The van der Waals surface area contributed by atoms with Gasteiger partial charge in [0.25, 0.3) is 10.0 Å². The summed E-state index contributed by atoms with van der Waals surface area (Å²) in [6, 6.07) is 4.63. The molecule has 10 heteroatoms. The molecule has 0 amide bonds. The van der Waals surface area contributed by atoms with Gasteiger partial charge in [0.1, 0.15) is 0 Å². The van der Waals surface area contributed by atoms with E-state index in [9.17, 15) is 18.0 Å². The van der Waals surface area contributed by atoms with Crippen molar-refractivity contribution in [3.63, 3.8) is 0 Å². The fraction of sp³-hybridized carbons (Fsp3) is 0.478. The molecule has 0 atom stereocenters. The zero-order valence-electron chi connectivity index (χ0n) is 19.0. The SMILES string of the molecule is CC(C)(C)CC(=O)c1nc2cc(S(=O)(=O)n3cc(C=O)cn3)ccc2n1CC1CCOCC1. The van der Waals surface area contributed by atoms with Gasteiger partial charge in [0.05, 0.1) is 33.9 Å². The van der Waals surface area contributed by atoms with Crippen molar-refractivity contribution in [2.75, 3.05) is 13.2 Å². The Morgan fingerprint density at radius 2 is 1.97 bits per heavy atom. The number of rotatable bonds is 7. The predicted octanol–water partition coefficient (Wildman–Crippen LogP) is 3.33. The highest BCUT2D eigenvalue weighted by Gasteiger charge is 2.27. The molecule has 3 heterocycles. The summed E-state index contributed by atoms with van der Waals surface area (Å²) in [5, 5.41) is 3.79. The van der Waals surface area contributed by atoms with Crippen molar-refractivity contribution in [3.05, 3.63) is 42.0 Å². The van der Waals surface area contributed by atoms with Crippen LogP contribution < -0.4 is 0 Å². The Balaban J connectivity index is 1.77. The number of fused-ring (bicyclic) bond motifs is 1. The summed E-state index contributed by atoms with van der Waals surface area (Å²) in [6.45, 7) is 8.00. The highest BCUT2D eigenvalue weighted by Crippen LogP contribution is 2.28. The van der Waals surface area contributed by atoms with Crippen LogP contribution >= 0.6 is 0 Å². The van der Waals surface area contributed by atoms with E-state index in [0.717, 1.165) is 23.1 Å². The molecule has 33 heavy (non-hydrogen) atoms. The average molecular weight is 473 g/mol. The summed E-state index contributed by atoms with van der Waals surface area (Å²) in [6.07, 6.45) is 5.02. The van der Waals surface area contributed by atoms with E-state index in [1.54, 1.807) is 6.07 Å². The number of hydrogen-bond acceptors (Lipinski definition) is 7. The normalized spacial score (nSPS) is 15.7. The molecular formula is C23H28N4O5S. The van der Waals surface area contributed by atoms with E-state index in [-0.39, 0.29) is 21.7 Å². The van der Waals surface area contributed by atoms with Gasteiger partial charge in [-0.1, -0.05) is 20.8 Å². The van der Waals surface area contributed by atoms with Crippen molar-refractivity contribution in [1.29, 1.82) is 0 Å². The molecule has 0 spiro atoms. The van der Waals surface area contributed by atoms with E-state index in [1.165, 1.54) is 18.3 Å². The van der Waals surface area contributed by atoms with Crippen LogP contribution in [0.4, 0.5) is 0 Å². The first-order valence-electron chi connectivity index (χ1n) is 11.0. The molecule has 0 N–H and O–H groups in total. The first kappa shape index (κ1) is 23.3. The second kappa shape index (κ2) is 8.83. The Morgan fingerprint density at radius 3 is 2.61 bits per heavy atom. The molecule has 0 radical (unpaired) electrons. The highest BCUT2D eigenvalue weighted by molar-refractivity contribution is 7.89. The van der Waals surface area contributed by atoms with Crippen molar-refractivity contribution in [2.45, 2.75) is 51.5 Å². The van der Waals surface area contributed by atoms with Crippen molar-refractivity contribution in [2.24, 2.45) is 11.3 Å². The van der Waals surface area contributed by atoms with Crippen LogP contribution in [-0.2, 0) is 21.3 Å². The smallest absolute Gasteiger partial charge is 0.283 e. The van der Waals surface area contributed by atoms with E-state index in [1.807, 2.05) is 25.3 Å². The zero-order valence-corrected chi connectivity index (χ0v) is 19.8. The predicted molar refractivity (Wildman–Crippen MR) is 122 cm³/mol. The quantitative estimate of drug-likeness (QED) is 0.383. The molecule has 0 aliphatic carbocycles. The number of nitrogens with zero attached hydrogens (tertiary/aromatic N) is 4. The van der Waals surface area contributed by atoms with Gasteiger partial charge in [-0.3, -0.25) is 9.59 Å². The Kier molecular flexibility index (Phi) is 6.24. The fourth-order valence-corrected chi connectivity index (χ4v) is 5.18. The summed E-state index contributed by atoms with van der Waals surface area (Å²) in [5.41, 5.74) is 1.11. The van der Waals surface area contributed by atoms with Crippen LogP contribution in [0.5, 0.6) is 0 Å². The Labute approximate surface area is 192 Å².